The first kappa shape index (κ1) is 13.1. The Bertz CT molecular complexity index is 454. The SMILES string of the molecule is CC1CN(c2cc(C(=O)O)ccc2N)CC(C)S1. The lowest BCUT2D eigenvalue weighted by atomic mass is 10.1. The Morgan fingerprint density at radius 1 is 1.39 bits per heavy atom. The second kappa shape index (κ2) is 5.10. The molecule has 1 aliphatic heterocycles. The average molecular weight is 266 g/mol. The first-order valence-electron chi connectivity index (χ1n) is 6.00. The molecule has 18 heavy (non-hydrogen) atoms. The van der Waals surface area contributed by atoms with Gasteiger partial charge in [-0.1, -0.05) is 13.8 Å². The van der Waals surface area contributed by atoms with Gasteiger partial charge in [0.05, 0.1) is 16.9 Å². The Morgan fingerprint density at radius 2 is 2.00 bits per heavy atom. The average Bonchev–Trinajstić information content (AvgIpc) is 2.27. The van der Waals surface area contributed by atoms with Crippen LogP contribution in [0.3, 0.4) is 0 Å². The molecule has 1 aromatic rings. The maximum atomic E-state index is 11.0. The Balaban J connectivity index is 2.31. The number of aromatic carboxylic acids is 1. The van der Waals surface area contributed by atoms with E-state index in [2.05, 4.69) is 18.7 Å². The minimum atomic E-state index is -0.913. The number of hydrogen-bond acceptors (Lipinski definition) is 4. The maximum Gasteiger partial charge on any atom is 0.335 e. The van der Waals surface area contributed by atoms with Crippen molar-refractivity contribution < 1.29 is 9.90 Å². The van der Waals surface area contributed by atoms with Crippen LogP contribution >= 0.6 is 11.8 Å². The lowest BCUT2D eigenvalue weighted by Crippen LogP contribution is -2.40. The van der Waals surface area contributed by atoms with Crippen molar-refractivity contribution >= 4 is 29.1 Å². The fourth-order valence-corrected chi connectivity index (χ4v) is 3.65. The Kier molecular flexibility index (Phi) is 3.71. The summed E-state index contributed by atoms with van der Waals surface area (Å²) in [6.07, 6.45) is 0. The van der Waals surface area contributed by atoms with Crippen molar-refractivity contribution in [1.29, 1.82) is 0 Å². The summed E-state index contributed by atoms with van der Waals surface area (Å²) in [5.41, 5.74) is 7.75. The third-order valence-electron chi connectivity index (χ3n) is 3.04. The molecule has 1 saturated heterocycles. The van der Waals surface area contributed by atoms with E-state index in [0.29, 0.717) is 16.2 Å². The predicted octanol–water partition coefficient (Wildman–Crippen LogP) is 2.30. The predicted molar refractivity (Wildman–Crippen MR) is 76.5 cm³/mol. The van der Waals surface area contributed by atoms with Crippen molar-refractivity contribution in [3.05, 3.63) is 23.8 Å². The van der Waals surface area contributed by atoms with Gasteiger partial charge in [0.25, 0.3) is 0 Å². The van der Waals surface area contributed by atoms with Crippen LogP contribution in [0, 0.1) is 0 Å². The van der Waals surface area contributed by atoms with Gasteiger partial charge in [-0.05, 0) is 18.2 Å². The van der Waals surface area contributed by atoms with Gasteiger partial charge >= 0.3 is 5.97 Å². The van der Waals surface area contributed by atoms with Gasteiger partial charge in [-0.3, -0.25) is 0 Å². The highest BCUT2D eigenvalue weighted by atomic mass is 32.2. The molecule has 0 saturated carbocycles. The van der Waals surface area contributed by atoms with Crippen LogP contribution in [0.15, 0.2) is 18.2 Å². The zero-order chi connectivity index (χ0) is 13.3. The van der Waals surface area contributed by atoms with E-state index in [1.54, 1.807) is 18.2 Å². The monoisotopic (exact) mass is 266 g/mol. The highest BCUT2D eigenvalue weighted by molar-refractivity contribution is 8.00. The van der Waals surface area contributed by atoms with Gasteiger partial charge in [-0.2, -0.15) is 11.8 Å². The number of carbonyl (C=O) groups is 1. The topological polar surface area (TPSA) is 66.6 Å². The first-order valence-corrected chi connectivity index (χ1v) is 6.95. The van der Waals surface area contributed by atoms with Gasteiger partial charge in [0.1, 0.15) is 0 Å². The fraction of sp³-hybridized carbons (Fsp3) is 0.462. The second-order valence-corrected chi connectivity index (χ2v) is 6.62. The minimum Gasteiger partial charge on any atom is -0.478 e. The van der Waals surface area contributed by atoms with Crippen LogP contribution in [0.1, 0.15) is 24.2 Å². The van der Waals surface area contributed by atoms with Crippen LogP contribution in [-0.4, -0.2) is 34.7 Å². The molecule has 1 heterocycles. The third kappa shape index (κ3) is 2.72. The summed E-state index contributed by atoms with van der Waals surface area (Å²) in [5.74, 6) is -0.913. The summed E-state index contributed by atoms with van der Waals surface area (Å²) in [6.45, 7) is 6.18. The minimum absolute atomic E-state index is 0.290. The highest BCUT2D eigenvalue weighted by Gasteiger charge is 2.24. The van der Waals surface area contributed by atoms with Crippen molar-refractivity contribution in [3.8, 4) is 0 Å². The summed E-state index contributed by atoms with van der Waals surface area (Å²) in [7, 11) is 0. The van der Waals surface area contributed by atoms with Crippen LogP contribution in [0.5, 0.6) is 0 Å². The zero-order valence-electron chi connectivity index (χ0n) is 10.6. The van der Waals surface area contributed by atoms with Crippen molar-refractivity contribution in [1.82, 2.24) is 0 Å². The van der Waals surface area contributed by atoms with Crippen LogP contribution in [0.2, 0.25) is 0 Å². The molecule has 2 rings (SSSR count). The normalized spacial score (nSPS) is 24.0. The molecule has 5 heteroatoms. The lowest BCUT2D eigenvalue weighted by Gasteiger charge is -2.36. The molecule has 1 fully saturated rings. The van der Waals surface area contributed by atoms with Crippen LogP contribution in [0.4, 0.5) is 11.4 Å². The molecule has 0 radical (unpaired) electrons. The van der Waals surface area contributed by atoms with Gasteiger partial charge in [0.15, 0.2) is 0 Å². The standard InChI is InChI=1S/C13H18N2O2S/c1-8-6-15(7-9(2)18-8)12-5-10(13(16)17)3-4-11(12)14/h3-5,8-9H,6-7,14H2,1-2H3,(H,16,17). The van der Waals surface area contributed by atoms with Gasteiger partial charge in [-0.25, -0.2) is 4.79 Å². The molecule has 3 N–H and O–H groups in total. The molecule has 0 bridgehead atoms. The largest absolute Gasteiger partial charge is 0.478 e. The van der Waals surface area contributed by atoms with E-state index >= 15 is 0 Å². The summed E-state index contributed by atoms with van der Waals surface area (Å²) in [5, 5.41) is 10.1. The fourth-order valence-electron chi connectivity index (χ4n) is 2.33. The van der Waals surface area contributed by atoms with Crippen LogP contribution in [-0.2, 0) is 0 Å². The van der Waals surface area contributed by atoms with Crippen LogP contribution in [0.25, 0.3) is 0 Å². The maximum absolute atomic E-state index is 11.0. The van der Waals surface area contributed by atoms with Crippen molar-refractivity contribution in [2.75, 3.05) is 23.7 Å². The van der Waals surface area contributed by atoms with Crippen molar-refractivity contribution in [3.63, 3.8) is 0 Å². The number of thioether (sulfide) groups is 1. The number of nitrogens with zero attached hydrogens (tertiary/aromatic N) is 1. The molecule has 1 aliphatic rings. The molecule has 4 nitrogen and oxygen atoms in total. The Morgan fingerprint density at radius 3 is 2.56 bits per heavy atom. The number of nitrogen functional groups attached to an aromatic ring is 1. The van der Waals surface area contributed by atoms with Crippen molar-refractivity contribution in [2.24, 2.45) is 0 Å². The molecule has 0 spiro atoms. The molecule has 0 aromatic heterocycles. The van der Waals surface area contributed by atoms with E-state index in [9.17, 15) is 4.79 Å². The van der Waals surface area contributed by atoms with E-state index in [-0.39, 0.29) is 5.56 Å². The second-order valence-electron chi connectivity index (χ2n) is 4.74. The van der Waals surface area contributed by atoms with E-state index in [4.69, 9.17) is 10.8 Å². The van der Waals surface area contributed by atoms with Crippen molar-refractivity contribution in [2.45, 2.75) is 24.3 Å². The molecule has 98 valence electrons. The van der Waals surface area contributed by atoms with E-state index in [0.717, 1.165) is 18.8 Å². The van der Waals surface area contributed by atoms with Gasteiger partial charge in [-0.15, -0.1) is 0 Å². The van der Waals surface area contributed by atoms with Gasteiger partial charge in [0, 0.05) is 23.6 Å². The van der Waals surface area contributed by atoms with Crippen LogP contribution < -0.4 is 10.6 Å². The Hall–Kier alpha value is -1.36. The number of carboxylic acid groups (broad SMARTS) is 1. The number of benzene rings is 1. The lowest BCUT2D eigenvalue weighted by molar-refractivity contribution is 0.0697. The third-order valence-corrected chi connectivity index (χ3v) is 4.27. The summed E-state index contributed by atoms with van der Waals surface area (Å²) < 4.78 is 0. The summed E-state index contributed by atoms with van der Waals surface area (Å²) in [6, 6.07) is 4.90. The molecular formula is C13H18N2O2S. The number of anilines is 2. The van der Waals surface area contributed by atoms with E-state index in [1.165, 1.54) is 0 Å². The van der Waals surface area contributed by atoms with E-state index in [1.807, 2.05) is 11.8 Å². The quantitative estimate of drug-likeness (QED) is 0.804. The number of nitrogens with two attached hydrogens (primary N) is 1. The zero-order valence-corrected chi connectivity index (χ0v) is 11.4. The molecule has 0 aliphatic carbocycles. The molecule has 0 amide bonds. The smallest absolute Gasteiger partial charge is 0.335 e. The van der Waals surface area contributed by atoms with E-state index < -0.39 is 5.97 Å². The van der Waals surface area contributed by atoms with Gasteiger partial charge in [0.2, 0.25) is 0 Å². The highest BCUT2D eigenvalue weighted by Crippen LogP contribution is 2.32. The van der Waals surface area contributed by atoms with Gasteiger partial charge < -0.3 is 15.7 Å². The first-order chi connectivity index (χ1) is 8.47. The molecule has 2 unspecified atom stereocenters. The number of hydrogen-bond donors (Lipinski definition) is 2. The summed E-state index contributed by atoms with van der Waals surface area (Å²) >= 11 is 1.96. The Labute approximate surface area is 111 Å². The molecular weight excluding hydrogens is 248 g/mol. The number of carboxylic acids is 1. The molecule has 2 atom stereocenters. The molecule has 1 aromatic carbocycles. The summed E-state index contributed by atoms with van der Waals surface area (Å²) in [4.78, 5) is 13.2. The number of rotatable bonds is 2.